The first-order chi connectivity index (χ1) is 8.73. The number of hydrogen-bond acceptors (Lipinski definition) is 2. The molecule has 0 saturated carbocycles. The summed E-state index contributed by atoms with van der Waals surface area (Å²) in [6.45, 7) is 8.35. The average Bonchev–Trinajstić information content (AvgIpc) is 2.49. The normalized spacial score (nSPS) is 24.4. The molecule has 0 amide bonds. The minimum absolute atomic E-state index is 0.0330. The van der Waals surface area contributed by atoms with Gasteiger partial charge >= 0.3 is 0 Å². The van der Waals surface area contributed by atoms with Crippen molar-refractivity contribution in [3.8, 4) is 5.75 Å². The third kappa shape index (κ3) is 3.45. The zero-order chi connectivity index (χ0) is 14.3. The summed E-state index contributed by atoms with van der Waals surface area (Å²) in [7, 11) is 0. The molecule has 0 radical (unpaired) electrons. The van der Waals surface area contributed by atoms with Crippen LogP contribution in [0.25, 0.3) is 0 Å². The Bertz CT molecular complexity index is 471. The van der Waals surface area contributed by atoms with Crippen LogP contribution in [0, 0.1) is 0 Å². The van der Waals surface area contributed by atoms with Gasteiger partial charge in [-0.1, -0.05) is 15.9 Å². The van der Waals surface area contributed by atoms with E-state index in [2.05, 4.69) is 43.6 Å². The highest BCUT2D eigenvalue weighted by Gasteiger charge is 2.47. The molecule has 1 aromatic rings. The maximum atomic E-state index is 6.17. The van der Waals surface area contributed by atoms with Gasteiger partial charge in [-0.25, -0.2) is 0 Å². The van der Waals surface area contributed by atoms with Gasteiger partial charge in [0.25, 0.3) is 0 Å². The van der Waals surface area contributed by atoms with Crippen LogP contribution in [0.4, 0.5) is 0 Å². The molecular weight excluding hydrogens is 328 g/mol. The zero-order valence-electron chi connectivity index (χ0n) is 11.8. The van der Waals surface area contributed by atoms with Crippen LogP contribution < -0.4 is 4.74 Å². The van der Waals surface area contributed by atoms with E-state index in [-0.39, 0.29) is 17.3 Å². The van der Waals surface area contributed by atoms with Gasteiger partial charge in [0.1, 0.15) is 17.5 Å². The molecule has 19 heavy (non-hydrogen) atoms. The Kier molecular flexibility index (Phi) is 4.20. The molecule has 1 atom stereocenters. The smallest absolute Gasteiger partial charge is 0.130 e. The number of benzene rings is 1. The molecule has 1 fully saturated rings. The van der Waals surface area contributed by atoms with E-state index in [0.29, 0.717) is 5.88 Å². The van der Waals surface area contributed by atoms with Crippen LogP contribution in [0.5, 0.6) is 5.75 Å². The van der Waals surface area contributed by atoms with Gasteiger partial charge in [0, 0.05) is 16.5 Å². The molecule has 1 unspecified atom stereocenters. The van der Waals surface area contributed by atoms with Crippen LogP contribution in [0.2, 0.25) is 0 Å². The lowest BCUT2D eigenvalue weighted by atomic mass is 9.97. The van der Waals surface area contributed by atoms with E-state index < -0.39 is 0 Å². The molecule has 4 heteroatoms. The van der Waals surface area contributed by atoms with Crippen LogP contribution in [0.1, 0.15) is 39.7 Å². The summed E-state index contributed by atoms with van der Waals surface area (Å²) in [6, 6.07) is 5.93. The van der Waals surface area contributed by atoms with Gasteiger partial charge in [-0.3, -0.25) is 0 Å². The zero-order valence-corrected chi connectivity index (χ0v) is 14.1. The summed E-state index contributed by atoms with van der Waals surface area (Å²) >= 11 is 9.44. The number of alkyl halides is 1. The fourth-order valence-electron chi connectivity index (χ4n) is 2.62. The molecule has 0 bridgehead atoms. The monoisotopic (exact) mass is 346 g/mol. The molecule has 1 aliphatic heterocycles. The van der Waals surface area contributed by atoms with E-state index in [0.717, 1.165) is 22.2 Å². The molecule has 1 saturated heterocycles. The molecular formula is C15H20BrClO2. The minimum Gasteiger partial charge on any atom is -0.487 e. The predicted octanol–water partition coefficient (Wildman–Crippen LogP) is 4.91. The van der Waals surface area contributed by atoms with Crippen LogP contribution in [0.15, 0.2) is 22.7 Å². The second-order valence-corrected chi connectivity index (χ2v) is 7.34. The van der Waals surface area contributed by atoms with Crippen LogP contribution in [-0.2, 0) is 10.6 Å². The van der Waals surface area contributed by atoms with Crippen molar-refractivity contribution in [1.82, 2.24) is 0 Å². The molecule has 1 aliphatic rings. The summed E-state index contributed by atoms with van der Waals surface area (Å²) in [5.41, 5.74) is 0.557. The van der Waals surface area contributed by atoms with Crippen molar-refractivity contribution in [1.29, 1.82) is 0 Å². The molecule has 0 N–H and O–H groups in total. The summed E-state index contributed by atoms with van der Waals surface area (Å²) < 4.78 is 13.2. The van der Waals surface area contributed by atoms with Crippen molar-refractivity contribution >= 4 is 27.5 Å². The van der Waals surface area contributed by atoms with Gasteiger partial charge in [0.15, 0.2) is 0 Å². The Morgan fingerprint density at radius 3 is 2.58 bits per heavy atom. The Hall–Kier alpha value is -0.250. The van der Waals surface area contributed by atoms with Gasteiger partial charge in [-0.05, 0) is 45.9 Å². The van der Waals surface area contributed by atoms with Gasteiger partial charge < -0.3 is 9.47 Å². The molecule has 0 spiro atoms. The van der Waals surface area contributed by atoms with Crippen LogP contribution >= 0.6 is 27.5 Å². The third-order valence-corrected chi connectivity index (χ3v) is 4.21. The van der Waals surface area contributed by atoms with E-state index in [1.54, 1.807) is 0 Å². The summed E-state index contributed by atoms with van der Waals surface area (Å²) in [5, 5.41) is 0. The minimum atomic E-state index is -0.292. The lowest BCUT2D eigenvalue weighted by molar-refractivity contribution is -0.0846. The summed E-state index contributed by atoms with van der Waals surface area (Å²) in [5.74, 6) is 1.28. The molecule has 2 rings (SSSR count). The number of halogens is 2. The molecule has 106 valence electrons. The fraction of sp³-hybridized carbons (Fsp3) is 0.600. The van der Waals surface area contributed by atoms with E-state index in [1.807, 2.05) is 18.2 Å². The van der Waals surface area contributed by atoms with Crippen molar-refractivity contribution in [3.05, 3.63) is 28.2 Å². The van der Waals surface area contributed by atoms with E-state index in [9.17, 15) is 0 Å². The lowest BCUT2D eigenvalue weighted by Crippen LogP contribution is -2.36. The summed E-state index contributed by atoms with van der Waals surface area (Å²) in [6.07, 6.45) is 0.906. The van der Waals surface area contributed by atoms with Gasteiger partial charge in [-0.2, -0.15) is 0 Å². The number of rotatable bonds is 3. The van der Waals surface area contributed by atoms with Crippen molar-refractivity contribution in [3.63, 3.8) is 0 Å². The predicted molar refractivity (Wildman–Crippen MR) is 82.0 cm³/mol. The molecule has 1 heterocycles. The van der Waals surface area contributed by atoms with Crippen molar-refractivity contribution in [2.75, 3.05) is 0 Å². The molecule has 1 aromatic carbocycles. The average molecular weight is 348 g/mol. The van der Waals surface area contributed by atoms with Gasteiger partial charge in [0.05, 0.1) is 11.5 Å². The fourth-order valence-corrected chi connectivity index (χ4v) is 3.23. The molecule has 2 nitrogen and oxygen atoms in total. The first-order valence-electron chi connectivity index (χ1n) is 6.45. The molecule has 0 aliphatic carbocycles. The first kappa shape index (κ1) is 15.1. The largest absolute Gasteiger partial charge is 0.487 e. The second-order valence-electron chi connectivity index (χ2n) is 6.16. The Balaban J connectivity index is 2.22. The molecule has 0 aromatic heterocycles. The number of ether oxygens (including phenoxy) is 2. The highest BCUT2D eigenvalue weighted by Crippen LogP contribution is 2.40. The summed E-state index contributed by atoms with van der Waals surface area (Å²) in [4.78, 5) is 0. The quantitative estimate of drug-likeness (QED) is 0.723. The van der Waals surface area contributed by atoms with Gasteiger partial charge in [-0.15, -0.1) is 11.6 Å². The Morgan fingerprint density at radius 2 is 2.05 bits per heavy atom. The topological polar surface area (TPSA) is 18.5 Å². The lowest BCUT2D eigenvalue weighted by Gasteiger charge is -2.28. The van der Waals surface area contributed by atoms with Crippen molar-refractivity contribution < 1.29 is 9.47 Å². The van der Waals surface area contributed by atoms with Gasteiger partial charge in [0.2, 0.25) is 0 Å². The van der Waals surface area contributed by atoms with E-state index >= 15 is 0 Å². The maximum Gasteiger partial charge on any atom is 0.130 e. The van der Waals surface area contributed by atoms with Crippen LogP contribution in [-0.4, -0.2) is 17.3 Å². The van der Waals surface area contributed by atoms with Crippen molar-refractivity contribution in [2.45, 2.75) is 57.3 Å². The van der Waals surface area contributed by atoms with E-state index in [4.69, 9.17) is 21.1 Å². The second kappa shape index (κ2) is 5.27. The third-order valence-electron chi connectivity index (χ3n) is 3.43. The van der Waals surface area contributed by atoms with Crippen LogP contribution in [0.3, 0.4) is 0 Å². The highest BCUT2D eigenvalue weighted by atomic mass is 79.9. The Morgan fingerprint density at radius 1 is 1.37 bits per heavy atom. The Labute approximate surface area is 128 Å². The van der Waals surface area contributed by atoms with E-state index in [1.165, 1.54) is 0 Å². The highest BCUT2D eigenvalue weighted by molar-refractivity contribution is 9.10. The first-order valence-corrected chi connectivity index (χ1v) is 7.77. The van der Waals surface area contributed by atoms with Crippen molar-refractivity contribution in [2.24, 2.45) is 0 Å². The maximum absolute atomic E-state index is 6.17. The standard InChI is InChI=1S/C15H20BrClO2/c1-14(2)8-13(15(3,4)19-14)18-12-6-5-11(16)7-10(12)9-17/h5-7,13H,8-9H2,1-4H3. The number of hydrogen-bond donors (Lipinski definition) is 0. The SMILES string of the molecule is CC1(C)CC(Oc2ccc(Br)cc2CCl)C(C)(C)O1.